The van der Waals surface area contributed by atoms with Crippen LogP contribution in [0.25, 0.3) is 0 Å². The fourth-order valence-electron chi connectivity index (χ4n) is 0.191. The second-order valence-electron chi connectivity index (χ2n) is 2.56. The molecule has 1 unspecified atom stereocenters. The average molecular weight is 220 g/mol. The fourth-order valence-corrected chi connectivity index (χ4v) is 0.300. The molecule has 0 aliphatic rings. The van der Waals surface area contributed by atoms with Gasteiger partial charge in [0.1, 0.15) is 0 Å². The van der Waals surface area contributed by atoms with Crippen molar-refractivity contribution in [3.05, 3.63) is 0 Å². The van der Waals surface area contributed by atoms with Crippen molar-refractivity contribution in [1.82, 2.24) is 10.3 Å². The highest BCUT2D eigenvalue weighted by Gasteiger charge is 1.96. The van der Waals surface area contributed by atoms with E-state index in [1.54, 1.807) is 0 Å². The van der Waals surface area contributed by atoms with E-state index < -0.39 is 6.10 Å². The number of hydrogen-bond donors (Lipinski definition) is 3. The van der Waals surface area contributed by atoms with Gasteiger partial charge in [0.15, 0.2) is 0 Å². The summed E-state index contributed by atoms with van der Waals surface area (Å²) in [7, 11) is 6.00. The van der Waals surface area contributed by atoms with Crippen LogP contribution in [-0.2, 0) is 0 Å². The van der Waals surface area contributed by atoms with Gasteiger partial charge in [0.2, 0.25) is 0 Å². The lowest BCUT2D eigenvalue weighted by Gasteiger charge is -2.01. The number of nitrogens with two attached hydrogens (primary N) is 1. The lowest BCUT2D eigenvalue weighted by Crippen LogP contribution is -2.32. The molecule has 4 N–H and O–H groups in total. The summed E-state index contributed by atoms with van der Waals surface area (Å²) in [6.07, 6.45) is -0.522. The SMILES string of the molecule is CN(C)C.Cl.NNCC(O)CCl. The largest absolute Gasteiger partial charge is 0.391 e. The number of rotatable bonds is 3. The van der Waals surface area contributed by atoms with Crippen LogP contribution in [0.4, 0.5) is 0 Å². The molecule has 0 aliphatic heterocycles. The molecule has 0 spiro atoms. The van der Waals surface area contributed by atoms with Crippen molar-refractivity contribution >= 4 is 24.0 Å². The van der Waals surface area contributed by atoms with Crippen LogP contribution in [0.1, 0.15) is 0 Å². The molecule has 78 valence electrons. The van der Waals surface area contributed by atoms with E-state index >= 15 is 0 Å². The molecule has 6 heteroatoms. The zero-order valence-corrected chi connectivity index (χ0v) is 9.32. The van der Waals surface area contributed by atoms with Gasteiger partial charge in [-0.15, -0.1) is 24.0 Å². The van der Waals surface area contributed by atoms with Crippen molar-refractivity contribution < 1.29 is 5.11 Å². The molecule has 0 radical (unpaired) electrons. The molecule has 0 aromatic heterocycles. The van der Waals surface area contributed by atoms with Crippen molar-refractivity contribution in [3.8, 4) is 0 Å². The van der Waals surface area contributed by atoms with Gasteiger partial charge < -0.3 is 10.0 Å². The maximum Gasteiger partial charge on any atom is 0.0813 e. The van der Waals surface area contributed by atoms with Crippen LogP contribution in [0.5, 0.6) is 0 Å². The van der Waals surface area contributed by atoms with E-state index in [1.807, 2.05) is 26.0 Å². The first-order chi connectivity index (χ1) is 5.04. The highest BCUT2D eigenvalue weighted by molar-refractivity contribution is 6.18. The summed E-state index contributed by atoms with van der Waals surface area (Å²) < 4.78 is 0. The maximum absolute atomic E-state index is 8.58. The molecule has 0 bridgehead atoms. The van der Waals surface area contributed by atoms with Crippen LogP contribution in [0, 0.1) is 0 Å². The molecule has 4 nitrogen and oxygen atoms in total. The molecule has 0 saturated carbocycles. The van der Waals surface area contributed by atoms with Crippen molar-refractivity contribution in [2.24, 2.45) is 5.84 Å². The molecule has 0 saturated heterocycles. The van der Waals surface area contributed by atoms with Crippen LogP contribution < -0.4 is 11.3 Å². The van der Waals surface area contributed by atoms with E-state index in [-0.39, 0.29) is 18.3 Å². The molecule has 12 heavy (non-hydrogen) atoms. The number of nitrogens with zero attached hydrogens (tertiary/aromatic N) is 1. The summed E-state index contributed by atoms with van der Waals surface area (Å²) in [6.45, 7) is 0.351. The third kappa shape index (κ3) is 31.5. The Morgan fingerprint density at radius 3 is 1.92 bits per heavy atom. The van der Waals surface area contributed by atoms with Gasteiger partial charge in [-0.2, -0.15) is 0 Å². The Hall–Kier alpha value is 0.420. The van der Waals surface area contributed by atoms with E-state index in [0.29, 0.717) is 6.54 Å². The number of hydrazine groups is 1. The summed E-state index contributed by atoms with van der Waals surface area (Å²) in [4.78, 5) is 2.00. The van der Waals surface area contributed by atoms with Crippen molar-refractivity contribution in [2.75, 3.05) is 33.6 Å². The summed E-state index contributed by atoms with van der Waals surface area (Å²) in [5.74, 6) is 5.06. The quantitative estimate of drug-likeness (QED) is 0.345. The molecule has 0 aromatic carbocycles. The fraction of sp³-hybridized carbons (Fsp3) is 1.00. The first-order valence-corrected chi connectivity index (χ1v) is 3.86. The van der Waals surface area contributed by atoms with Gasteiger partial charge >= 0.3 is 0 Å². The Kier molecular flexibility index (Phi) is 21.3. The Morgan fingerprint density at radius 1 is 1.50 bits per heavy atom. The third-order valence-electron chi connectivity index (χ3n) is 0.532. The Bertz CT molecular complexity index is 73.1. The molecule has 0 heterocycles. The van der Waals surface area contributed by atoms with Gasteiger partial charge in [-0.05, 0) is 21.1 Å². The minimum atomic E-state index is -0.522. The van der Waals surface area contributed by atoms with Gasteiger partial charge in [0.05, 0.1) is 6.10 Å². The number of aliphatic hydroxyl groups is 1. The van der Waals surface area contributed by atoms with E-state index in [9.17, 15) is 0 Å². The lowest BCUT2D eigenvalue weighted by atomic mass is 10.4. The Balaban J connectivity index is -0.000000142. The summed E-state index contributed by atoms with van der Waals surface area (Å²) >= 11 is 5.19. The number of alkyl halides is 1. The van der Waals surface area contributed by atoms with E-state index in [4.69, 9.17) is 22.6 Å². The zero-order valence-electron chi connectivity index (χ0n) is 7.75. The van der Waals surface area contributed by atoms with Crippen LogP contribution in [-0.4, -0.2) is 49.7 Å². The van der Waals surface area contributed by atoms with Gasteiger partial charge in [0, 0.05) is 12.4 Å². The average Bonchev–Trinajstić information content (AvgIpc) is 1.87. The highest BCUT2D eigenvalue weighted by atomic mass is 35.5. The first-order valence-electron chi connectivity index (χ1n) is 3.33. The standard InChI is InChI=1S/C3H9ClN2O.C3H9N.ClH/c4-1-3(7)2-6-5;1-4(2)3;/h3,6-7H,1-2,5H2;1-3H3;1H. The van der Waals surface area contributed by atoms with E-state index in [0.717, 1.165) is 0 Å². The normalized spacial score (nSPS) is 11.2. The lowest BCUT2D eigenvalue weighted by molar-refractivity contribution is 0.195. The second-order valence-corrected chi connectivity index (χ2v) is 2.87. The molecule has 0 amide bonds. The predicted octanol–water partition coefficient (Wildman–Crippen LogP) is -0.351. The number of hydrogen-bond acceptors (Lipinski definition) is 4. The molecule has 1 atom stereocenters. The minimum absolute atomic E-state index is 0. The monoisotopic (exact) mass is 219 g/mol. The van der Waals surface area contributed by atoms with Crippen LogP contribution in [0.3, 0.4) is 0 Å². The van der Waals surface area contributed by atoms with Gasteiger partial charge in [-0.3, -0.25) is 11.3 Å². The smallest absolute Gasteiger partial charge is 0.0813 e. The molecule has 0 rings (SSSR count). The van der Waals surface area contributed by atoms with Crippen molar-refractivity contribution in [3.63, 3.8) is 0 Å². The summed E-state index contributed by atoms with van der Waals surface area (Å²) in [5, 5.41) is 8.58. The first kappa shape index (κ1) is 18.3. The Labute approximate surface area is 85.4 Å². The number of halogens is 2. The summed E-state index contributed by atoms with van der Waals surface area (Å²) in [6, 6.07) is 0. The van der Waals surface area contributed by atoms with E-state index in [2.05, 4.69) is 5.43 Å². The predicted molar refractivity (Wildman–Crippen MR) is 55.8 cm³/mol. The van der Waals surface area contributed by atoms with Crippen LogP contribution >= 0.6 is 24.0 Å². The minimum Gasteiger partial charge on any atom is -0.391 e. The topological polar surface area (TPSA) is 61.5 Å². The van der Waals surface area contributed by atoms with Crippen molar-refractivity contribution in [1.29, 1.82) is 0 Å². The van der Waals surface area contributed by atoms with E-state index in [1.165, 1.54) is 0 Å². The molecular weight excluding hydrogens is 201 g/mol. The number of nitrogens with one attached hydrogen (secondary N) is 1. The van der Waals surface area contributed by atoms with Crippen molar-refractivity contribution in [2.45, 2.75) is 6.10 Å². The highest BCUT2D eigenvalue weighted by Crippen LogP contribution is 1.81. The van der Waals surface area contributed by atoms with Gasteiger partial charge in [0.25, 0.3) is 0 Å². The Morgan fingerprint density at radius 2 is 1.83 bits per heavy atom. The molecule has 0 fully saturated rings. The van der Waals surface area contributed by atoms with Crippen LogP contribution in [0.15, 0.2) is 0 Å². The van der Waals surface area contributed by atoms with Crippen LogP contribution in [0.2, 0.25) is 0 Å². The summed E-state index contributed by atoms with van der Waals surface area (Å²) in [5.41, 5.74) is 2.28. The van der Waals surface area contributed by atoms with Gasteiger partial charge in [-0.1, -0.05) is 0 Å². The molecular formula is C6H19Cl2N3O. The molecule has 0 aromatic rings. The second kappa shape index (κ2) is 14.0. The third-order valence-corrected chi connectivity index (χ3v) is 0.888. The number of aliphatic hydroxyl groups excluding tert-OH is 1. The van der Waals surface area contributed by atoms with Gasteiger partial charge in [-0.25, -0.2) is 0 Å². The molecule has 0 aliphatic carbocycles. The zero-order chi connectivity index (χ0) is 9.28. The maximum atomic E-state index is 8.58.